The number of hydrogen-bond acceptors (Lipinski definition) is 6. The van der Waals surface area contributed by atoms with Crippen molar-refractivity contribution < 1.29 is 19.6 Å². The first-order chi connectivity index (χ1) is 13.4. The van der Waals surface area contributed by atoms with Crippen LogP contribution in [0.1, 0.15) is 21.6 Å². The van der Waals surface area contributed by atoms with Gasteiger partial charge in [-0.3, -0.25) is 14.9 Å². The monoisotopic (exact) mass is 377 g/mol. The highest BCUT2D eigenvalue weighted by Gasteiger charge is 2.22. The molecule has 0 aliphatic carbocycles. The van der Waals surface area contributed by atoms with Crippen LogP contribution < -0.4 is 4.74 Å². The predicted molar refractivity (Wildman–Crippen MR) is 102 cm³/mol. The van der Waals surface area contributed by atoms with Gasteiger partial charge in [-0.05, 0) is 30.7 Å². The third kappa shape index (κ3) is 3.17. The number of benzene rings is 2. The Bertz CT molecular complexity index is 1180. The Hall–Kier alpha value is -4.12. The molecule has 0 aliphatic heterocycles. The predicted octanol–water partition coefficient (Wildman–Crippen LogP) is 3.89. The van der Waals surface area contributed by atoms with E-state index in [0.717, 1.165) is 11.6 Å². The van der Waals surface area contributed by atoms with Crippen molar-refractivity contribution in [2.24, 2.45) is 0 Å². The van der Waals surface area contributed by atoms with Crippen LogP contribution in [0, 0.1) is 28.4 Å². The van der Waals surface area contributed by atoms with Crippen LogP contribution >= 0.6 is 0 Å². The number of Topliss-reactive ketones (excluding diaryl/α,β-unsaturated/α-hetero) is 1. The Kier molecular flexibility index (Phi) is 4.83. The molecule has 3 aromatic rings. The highest BCUT2D eigenvalue weighted by molar-refractivity contribution is 6.20. The zero-order chi connectivity index (χ0) is 20.4. The summed E-state index contributed by atoms with van der Waals surface area (Å²) in [5.41, 5.74) is 1.14. The van der Waals surface area contributed by atoms with Gasteiger partial charge in [0.15, 0.2) is 5.75 Å². The second kappa shape index (κ2) is 7.25. The first-order valence-corrected chi connectivity index (χ1v) is 8.16. The number of nitriles is 1. The lowest BCUT2D eigenvalue weighted by Gasteiger charge is -2.06. The zero-order valence-electron chi connectivity index (χ0n) is 15.0. The van der Waals surface area contributed by atoms with Gasteiger partial charge in [0.1, 0.15) is 11.6 Å². The van der Waals surface area contributed by atoms with Crippen LogP contribution in [0.15, 0.2) is 42.0 Å². The number of ether oxygens (including phenoxy) is 1. The number of aromatic amines is 1. The standard InChI is InChI=1S/C20H15N3O5/c1-11-18(14-5-3-4-6-15(14)22-11)19(24)13(10-21)7-12-8-16(23(26)27)20(25)17(9-12)28-2/h3-9,22,25H,1-2H3/b13-7+. The number of allylic oxidation sites excluding steroid dienone is 1. The molecule has 0 atom stereocenters. The van der Waals surface area contributed by atoms with Crippen molar-refractivity contribution >= 4 is 28.4 Å². The summed E-state index contributed by atoms with van der Waals surface area (Å²) in [6, 6.07) is 11.5. The maximum atomic E-state index is 13.0. The maximum absolute atomic E-state index is 13.0. The fourth-order valence-electron chi connectivity index (χ4n) is 3.01. The third-order valence-corrected chi connectivity index (χ3v) is 4.29. The number of aromatic nitrogens is 1. The second-order valence-corrected chi connectivity index (χ2v) is 6.02. The van der Waals surface area contributed by atoms with Crippen molar-refractivity contribution in [2.45, 2.75) is 6.92 Å². The van der Waals surface area contributed by atoms with Crippen molar-refractivity contribution in [2.75, 3.05) is 7.11 Å². The van der Waals surface area contributed by atoms with Gasteiger partial charge in [-0.15, -0.1) is 0 Å². The number of rotatable bonds is 5. The molecule has 3 rings (SSSR count). The molecule has 28 heavy (non-hydrogen) atoms. The SMILES string of the molecule is COc1cc(/C=C(\C#N)C(=O)c2c(C)[nH]c3ccccc23)cc([N+](=O)[O-])c1O. The van der Waals surface area contributed by atoms with E-state index in [1.807, 2.05) is 18.2 Å². The normalized spacial score (nSPS) is 11.2. The first-order valence-electron chi connectivity index (χ1n) is 8.16. The lowest BCUT2D eigenvalue weighted by atomic mass is 9.99. The summed E-state index contributed by atoms with van der Waals surface area (Å²) in [6.45, 7) is 1.73. The van der Waals surface area contributed by atoms with Gasteiger partial charge in [0.25, 0.3) is 0 Å². The highest BCUT2D eigenvalue weighted by Crippen LogP contribution is 2.37. The Balaban J connectivity index is 2.14. The molecular formula is C20H15N3O5. The van der Waals surface area contributed by atoms with Crippen molar-refractivity contribution in [1.82, 2.24) is 4.98 Å². The number of para-hydroxylation sites is 1. The summed E-state index contributed by atoms with van der Waals surface area (Å²) < 4.78 is 4.94. The van der Waals surface area contributed by atoms with Gasteiger partial charge in [0.05, 0.1) is 17.6 Å². The number of fused-ring (bicyclic) bond motifs is 1. The average Bonchev–Trinajstić information content (AvgIpc) is 3.01. The number of aryl methyl sites for hydroxylation is 1. The van der Waals surface area contributed by atoms with Crippen LogP contribution in [-0.4, -0.2) is 27.9 Å². The number of phenols is 1. The van der Waals surface area contributed by atoms with E-state index in [4.69, 9.17) is 4.74 Å². The number of H-pyrrole nitrogens is 1. The lowest BCUT2D eigenvalue weighted by Crippen LogP contribution is -2.03. The molecule has 0 saturated heterocycles. The fourth-order valence-corrected chi connectivity index (χ4v) is 3.01. The molecule has 8 nitrogen and oxygen atoms in total. The quantitative estimate of drug-likeness (QED) is 0.228. The van der Waals surface area contributed by atoms with Crippen LogP contribution in [-0.2, 0) is 0 Å². The number of nitro groups is 1. The van der Waals surface area contributed by atoms with E-state index >= 15 is 0 Å². The molecule has 1 aromatic heterocycles. The Labute approximate surface area is 159 Å². The van der Waals surface area contributed by atoms with E-state index in [-0.39, 0.29) is 16.9 Å². The van der Waals surface area contributed by atoms with E-state index in [2.05, 4.69) is 4.98 Å². The van der Waals surface area contributed by atoms with Gasteiger partial charge < -0.3 is 14.8 Å². The second-order valence-electron chi connectivity index (χ2n) is 6.02. The van der Waals surface area contributed by atoms with E-state index in [0.29, 0.717) is 16.6 Å². The number of carbonyl (C=O) groups excluding carboxylic acids is 1. The number of phenolic OH excluding ortho intramolecular Hbond substituents is 1. The molecule has 0 saturated carbocycles. The largest absolute Gasteiger partial charge is 0.500 e. The molecule has 0 unspecified atom stereocenters. The van der Waals surface area contributed by atoms with Gasteiger partial charge in [-0.1, -0.05) is 18.2 Å². The molecule has 0 fully saturated rings. The van der Waals surface area contributed by atoms with Gasteiger partial charge in [0, 0.05) is 22.7 Å². The van der Waals surface area contributed by atoms with Crippen molar-refractivity contribution in [3.8, 4) is 17.6 Å². The Morgan fingerprint density at radius 2 is 2.07 bits per heavy atom. The molecule has 2 aromatic carbocycles. The molecule has 8 heteroatoms. The number of ketones is 1. The van der Waals surface area contributed by atoms with Crippen LogP contribution in [0.5, 0.6) is 11.5 Å². The number of hydrogen-bond donors (Lipinski definition) is 2. The minimum atomic E-state index is -0.771. The molecule has 0 spiro atoms. The summed E-state index contributed by atoms with van der Waals surface area (Å²) in [6.07, 6.45) is 1.23. The third-order valence-electron chi connectivity index (χ3n) is 4.29. The topological polar surface area (TPSA) is 129 Å². The van der Waals surface area contributed by atoms with Crippen molar-refractivity contribution in [3.05, 3.63) is 68.9 Å². The fraction of sp³-hybridized carbons (Fsp3) is 0.100. The number of nitro benzene ring substituents is 1. The lowest BCUT2D eigenvalue weighted by molar-refractivity contribution is -0.386. The van der Waals surface area contributed by atoms with Gasteiger partial charge in [-0.2, -0.15) is 5.26 Å². The van der Waals surface area contributed by atoms with E-state index in [1.165, 1.54) is 19.3 Å². The van der Waals surface area contributed by atoms with Crippen molar-refractivity contribution in [1.29, 1.82) is 5.26 Å². The summed E-state index contributed by atoms with van der Waals surface area (Å²) in [4.78, 5) is 26.5. The Morgan fingerprint density at radius 1 is 1.36 bits per heavy atom. The van der Waals surface area contributed by atoms with E-state index in [9.17, 15) is 25.3 Å². The van der Waals surface area contributed by atoms with Crippen molar-refractivity contribution in [3.63, 3.8) is 0 Å². The van der Waals surface area contributed by atoms with E-state index in [1.54, 1.807) is 19.1 Å². The molecule has 0 aliphatic rings. The average molecular weight is 377 g/mol. The van der Waals surface area contributed by atoms with Gasteiger partial charge in [0.2, 0.25) is 11.5 Å². The summed E-state index contributed by atoms with van der Waals surface area (Å²) in [5, 5.41) is 31.2. The number of aromatic hydroxyl groups is 1. The maximum Gasteiger partial charge on any atom is 0.315 e. The van der Waals surface area contributed by atoms with E-state index < -0.39 is 22.1 Å². The molecule has 140 valence electrons. The molecule has 2 N–H and O–H groups in total. The number of carbonyl (C=O) groups is 1. The van der Waals surface area contributed by atoms with Crippen LogP contribution in [0.25, 0.3) is 17.0 Å². The van der Waals surface area contributed by atoms with Gasteiger partial charge >= 0.3 is 5.69 Å². The summed E-state index contributed by atoms with van der Waals surface area (Å²) >= 11 is 0. The first kappa shape index (κ1) is 18.7. The zero-order valence-corrected chi connectivity index (χ0v) is 15.0. The van der Waals surface area contributed by atoms with Crippen LogP contribution in [0.4, 0.5) is 5.69 Å². The minimum absolute atomic E-state index is 0.131. The summed E-state index contributed by atoms with van der Waals surface area (Å²) in [7, 11) is 1.25. The van der Waals surface area contributed by atoms with Crippen LogP contribution in [0.2, 0.25) is 0 Å². The number of methoxy groups -OCH3 is 1. The number of nitrogens with zero attached hydrogens (tertiary/aromatic N) is 2. The molecule has 0 radical (unpaired) electrons. The smallest absolute Gasteiger partial charge is 0.315 e. The number of nitrogens with one attached hydrogen (secondary N) is 1. The summed E-state index contributed by atoms with van der Waals surface area (Å²) in [5.74, 6) is -1.26. The van der Waals surface area contributed by atoms with Gasteiger partial charge in [-0.25, -0.2) is 0 Å². The minimum Gasteiger partial charge on any atom is -0.500 e. The molecule has 0 amide bonds. The van der Waals surface area contributed by atoms with Crippen LogP contribution in [0.3, 0.4) is 0 Å². The molecule has 0 bridgehead atoms. The Morgan fingerprint density at radius 3 is 2.71 bits per heavy atom. The highest BCUT2D eigenvalue weighted by atomic mass is 16.6. The molecular weight excluding hydrogens is 362 g/mol. The molecule has 1 heterocycles.